The molecule has 0 bridgehead atoms. The lowest BCUT2D eigenvalue weighted by Crippen LogP contribution is -2.57. The van der Waals surface area contributed by atoms with Crippen molar-refractivity contribution in [1.82, 2.24) is 9.80 Å². The van der Waals surface area contributed by atoms with E-state index in [9.17, 15) is 27.9 Å². The predicted molar refractivity (Wildman–Crippen MR) is 143 cm³/mol. The van der Waals surface area contributed by atoms with Gasteiger partial charge in [-0.25, -0.2) is 0 Å². The Labute approximate surface area is 236 Å². The van der Waals surface area contributed by atoms with Crippen molar-refractivity contribution >= 4 is 23.4 Å². The van der Waals surface area contributed by atoms with Gasteiger partial charge in [-0.3, -0.25) is 9.59 Å². The maximum atomic E-state index is 14.2. The molecule has 1 aliphatic heterocycles. The molecule has 0 radical (unpaired) electrons. The summed E-state index contributed by atoms with van der Waals surface area (Å²) in [5.41, 5.74) is -3.89. The minimum atomic E-state index is -5.22. The number of methoxy groups -OCH3 is 1. The second kappa shape index (κ2) is 11.5. The average Bonchev–Trinajstić information content (AvgIpc) is 3.60. The molecule has 7 nitrogen and oxygen atoms in total. The second-order valence-electron chi connectivity index (χ2n) is 10.8. The normalized spacial score (nSPS) is 19.6. The Balaban J connectivity index is 1.29. The van der Waals surface area contributed by atoms with Crippen molar-refractivity contribution in [1.29, 1.82) is 0 Å². The third kappa shape index (κ3) is 5.74. The van der Waals surface area contributed by atoms with Crippen molar-refractivity contribution in [3.63, 3.8) is 0 Å². The number of halogens is 4. The number of hydrogen-bond donors (Lipinski definition) is 1. The fraction of sp³-hybridized carbons (Fsp3) is 0.517. The summed E-state index contributed by atoms with van der Waals surface area (Å²) in [6.45, 7) is 0.762. The van der Waals surface area contributed by atoms with Crippen LogP contribution in [0.3, 0.4) is 0 Å². The lowest BCUT2D eigenvalue weighted by atomic mass is 9.86. The Morgan fingerprint density at radius 2 is 1.82 bits per heavy atom. The summed E-state index contributed by atoms with van der Waals surface area (Å²) in [6.07, 6.45) is -1.41. The summed E-state index contributed by atoms with van der Waals surface area (Å²) in [5, 5.41) is 11.2. The molecule has 1 N–H and O–H groups in total. The number of aliphatic hydroxyl groups is 1. The molecule has 0 unspecified atom stereocenters. The quantitative estimate of drug-likeness (QED) is 0.407. The van der Waals surface area contributed by atoms with Gasteiger partial charge in [-0.1, -0.05) is 29.8 Å². The van der Waals surface area contributed by atoms with Gasteiger partial charge in [-0.2, -0.15) is 13.2 Å². The maximum Gasteiger partial charge on any atom is 0.430 e. The molecule has 4 rings (SSSR count). The van der Waals surface area contributed by atoms with Crippen LogP contribution in [0.2, 0.25) is 5.02 Å². The Bertz CT molecular complexity index is 1250. The Morgan fingerprint density at radius 3 is 2.42 bits per heavy atom. The van der Waals surface area contributed by atoms with E-state index in [0.717, 1.165) is 30.2 Å². The van der Waals surface area contributed by atoms with Gasteiger partial charge in [-0.05, 0) is 67.7 Å². The highest BCUT2D eigenvalue weighted by molar-refractivity contribution is 6.34. The van der Waals surface area contributed by atoms with E-state index >= 15 is 0 Å². The van der Waals surface area contributed by atoms with Gasteiger partial charge in [0, 0.05) is 32.7 Å². The summed E-state index contributed by atoms with van der Waals surface area (Å²) in [7, 11) is 4.50. The number of benzene rings is 2. The molecule has 1 saturated heterocycles. The van der Waals surface area contributed by atoms with Crippen molar-refractivity contribution in [2.45, 2.75) is 43.9 Å². The fourth-order valence-electron chi connectivity index (χ4n) is 5.69. The Kier molecular flexibility index (Phi) is 8.61. The first-order valence-electron chi connectivity index (χ1n) is 13.2. The minimum absolute atomic E-state index is 0.00899. The number of alkyl halides is 3. The molecule has 2 amide bonds. The Hall–Kier alpha value is -2.98. The molecule has 2 aromatic carbocycles. The summed E-state index contributed by atoms with van der Waals surface area (Å²) in [5.74, 6) is -0.778. The molecule has 2 fully saturated rings. The molecule has 218 valence electrons. The molecule has 2 atom stereocenters. The van der Waals surface area contributed by atoms with Crippen molar-refractivity contribution in [3.8, 4) is 11.5 Å². The van der Waals surface area contributed by atoms with E-state index in [1.165, 1.54) is 30.2 Å². The van der Waals surface area contributed by atoms with E-state index in [1.54, 1.807) is 32.3 Å². The van der Waals surface area contributed by atoms with Crippen molar-refractivity contribution in [3.05, 3.63) is 58.6 Å². The zero-order valence-electron chi connectivity index (χ0n) is 22.8. The maximum absolute atomic E-state index is 14.2. The van der Waals surface area contributed by atoms with Crippen molar-refractivity contribution in [2.24, 2.45) is 11.3 Å². The molecular weight excluding hydrogens is 549 g/mol. The molecule has 40 heavy (non-hydrogen) atoms. The zero-order chi connectivity index (χ0) is 29.3. The third-order valence-electron chi connectivity index (χ3n) is 8.16. The van der Waals surface area contributed by atoms with Crippen molar-refractivity contribution in [2.75, 3.05) is 40.9 Å². The van der Waals surface area contributed by atoms with Crippen molar-refractivity contribution < 1.29 is 37.3 Å². The SMILES string of the molecule is COc1ccccc1[C@@](O)(C(=O)N1CCC2(CC1)C[C@@H]2CCCOc1ccc(C(=O)N(C)C)c(Cl)c1)C(F)(F)F. The molecule has 2 aliphatic rings. The van der Waals surface area contributed by atoms with E-state index in [-0.39, 0.29) is 30.2 Å². The lowest BCUT2D eigenvalue weighted by Gasteiger charge is -2.39. The molecule has 11 heteroatoms. The van der Waals surface area contributed by atoms with E-state index in [2.05, 4.69) is 0 Å². The van der Waals surface area contributed by atoms with Crippen LogP contribution in [0.15, 0.2) is 42.5 Å². The topological polar surface area (TPSA) is 79.3 Å². The lowest BCUT2D eigenvalue weighted by molar-refractivity contribution is -0.262. The number of rotatable bonds is 9. The molecule has 1 aliphatic carbocycles. The monoisotopic (exact) mass is 582 g/mol. The highest BCUT2D eigenvalue weighted by Crippen LogP contribution is 2.61. The molecule has 1 spiro atoms. The fourth-order valence-corrected chi connectivity index (χ4v) is 5.94. The first-order chi connectivity index (χ1) is 18.8. The second-order valence-corrected chi connectivity index (χ2v) is 11.2. The first-order valence-corrected chi connectivity index (χ1v) is 13.6. The van der Waals surface area contributed by atoms with Crippen LogP contribution in [0.1, 0.15) is 48.0 Å². The molecular formula is C29H34ClF3N2O5. The predicted octanol–water partition coefficient (Wildman–Crippen LogP) is 5.29. The van der Waals surface area contributed by atoms with Crippen LogP contribution in [0.5, 0.6) is 11.5 Å². The van der Waals surface area contributed by atoms with Crippen LogP contribution in [-0.4, -0.2) is 73.8 Å². The smallest absolute Gasteiger partial charge is 0.430 e. The van der Waals surface area contributed by atoms with Gasteiger partial charge in [0.05, 0.1) is 24.3 Å². The summed E-state index contributed by atoms with van der Waals surface area (Å²) in [4.78, 5) is 27.9. The van der Waals surface area contributed by atoms with Gasteiger partial charge >= 0.3 is 6.18 Å². The highest BCUT2D eigenvalue weighted by Gasteiger charge is 2.64. The van der Waals surface area contributed by atoms with Gasteiger partial charge in [0.2, 0.25) is 0 Å². The number of likely N-dealkylation sites (tertiary alicyclic amines) is 1. The number of nitrogens with zero attached hydrogens (tertiary/aromatic N) is 2. The van der Waals surface area contributed by atoms with Gasteiger partial charge in [0.1, 0.15) is 11.5 Å². The van der Waals surface area contributed by atoms with E-state index in [4.69, 9.17) is 21.1 Å². The van der Waals surface area contributed by atoms with Crippen LogP contribution in [0.4, 0.5) is 13.2 Å². The van der Waals surface area contributed by atoms with Gasteiger partial charge in [0.25, 0.3) is 17.4 Å². The van der Waals surface area contributed by atoms with E-state index in [1.807, 2.05) is 0 Å². The largest absolute Gasteiger partial charge is 0.496 e. The summed E-state index contributed by atoms with van der Waals surface area (Å²) >= 11 is 6.24. The van der Waals surface area contributed by atoms with Crippen LogP contribution in [-0.2, 0) is 10.4 Å². The minimum Gasteiger partial charge on any atom is -0.496 e. The first kappa shape index (κ1) is 30.0. The number of piperidine rings is 1. The van der Waals surface area contributed by atoms with Gasteiger partial charge in [-0.15, -0.1) is 0 Å². The van der Waals surface area contributed by atoms with Gasteiger partial charge in [0.15, 0.2) is 0 Å². The van der Waals surface area contributed by atoms with E-state index < -0.39 is 23.2 Å². The van der Waals surface area contributed by atoms with Gasteiger partial charge < -0.3 is 24.4 Å². The number of carbonyl (C=O) groups is 2. The van der Waals surface area contributed by atoms with Crippen LogP contribution in [0, 0.1) is 11.3 Å². The third-order valence-corrected chi connectivity index (χ3v) is 8.48. The average molecular weight is 583 g/mol. The highest BCUT2D eigenvalue weighted by atomic mass is 35.5. The zero-order valence-corrected chi connectivity index (χ0v) is 23.5. The number of hydrogen-bond acceptors (Lipinski definition) is 5. The standard InChI is InChI=1S/C29H34ClF3N2O5/c1-34(2)25(36)21-11-10-20(17-23(21)30)40-16-6-7-19-18-27(19)12-14-35(15-13-27)26(37)28(38,29(31,32)33)22-8-4-5-9-24(22)39-3/h4-5,8-11,17,19,38H,6-7,12-16,18H2,1-3H3/t19-,28+/m0/s1. The molecule has 0 aromatic heterocycles. The molecule has 2 aromatic rings. The van der Waals surface area contributed by atoms with Crippen LogP contribution < -0.4 is 9.47 Å². The molecule has 1 heterocycles. The number of amides is 2. The van der Waals surface area contributed by atoms with Crippen LogP contribution >= 0.6 is 11.6 Å². The Morgan fingerprint density at radius 1 is 1.15 bits per heavy atom. The summed E-state index contributed by atoms with van der Waals surface area (Å²) < 4.78 is 53.3. The molecule has 1 saturated carbocycles. The number of ether oxygens (including phenoxy) is 2. The van der Waals surface area contributed by atoms with Crippen LogP contribution in [0.25, 0.3) is 0 Å². The number of para-hydroxylation sites is 1. The number of carbonyl (C=O) groups excluding carboxylic acids is 2. The van der Waals surface area contributed by atoms with E-state index in [0.29, 0.717) is 41.7 Å². The summed E-state index contributed by atoms with van der Waals surface area (Å²) in [6, 6.07) is 10.1.